The quantitative estimate of drug-likeness (QED) is 0.150. The van der Waals surface area contributed by atoms with E-state index in [0.29, 0.717) is 12.3 Å². The Balaban J connectivity index is 3.13. The van der Waals surface area contributed by atoms with Gasteiger partial charge in [-0.1, -0.05) is 0 Å². The van der Waals surface area contributed by atoms with Gasteiger partial charge in [0.25, 0.3) is 5.56 Å². The third-order valence-corrected chi connectivity index (χ3v) is 5.31. The Morgan fingerprint density at radius 1 is 1.14 bits per heavy atom. The number of carbonyl (C=O) groups excluding carboxylic acids is 1. The van der Waals surface area contributed by atoms with Crippen LogP contribution < -0.4 is 15.9 Å². The van der Waals surface area contributed by atoms with E-state index in [9.17, 15) is 38.8 Å². The number of H-pyrrole nitrogens is 1. The summed E-state index contributed by atoms with van der Waals surface area (Å²) < 4.78 is 35.2. The molecule has 0 aliphatic heterocycles. The van der Waals surface area contributed by atoms with Crippen molar-refractivity contribution in [3.63, 3.8) is 0 Å². The number of rotatable bonds is 10. The van der Waals surface area contributed by atoms with Crippen LogP contribution in [-0.4, -0.2) is 82.0 Å². The van der Waals surface area contributed by atoms with Gasteiger partial charge in [-0.05, 0) is 0 Å². The van der Waals surface area contributed by atoms with E-state index in [-0.39, 0.29) is 4.73 Å². The average Bonchev–Trinajstić information content (AvgIpc) is 2.59. The van der Waals surface area contributed by atoms with Crippen molar-refractivity contribution in [3.05, 3.63) is 33.1 Å². The van der Waals surface area contributed by atoms with Gasteiger partial charge in [0.1, 0.15) is 18.3 Å². The zero-order valence-corrected chi connectivity index (χ0v) is 15.7. The SMILES string of the molecule is O=C(OP(=O)(On1ccc(=O)[nH]c1=O)OP(=O)(O)O)[C@H](O)[C@@H](O)[C@H](O)[C@H](O)CO. The van der Waals surface area contributed by atoms with Gasteiger partial charge in [0, 0.05) is 6.07 Å². The summed E-state index contributed by atoms with van der Waals surface area (Å²) in [5.74, 6) is -2.14. The number of aromatic amines is 1. The van der Waals surface area contributed by atoms with Crippen molar-refractivity contribution in [3.8, 4) is 0 Å². The van der Waals surface area contributed by atoms with Crippen molar-refractivity contribution >= 4 is 21.6 Å². The standard InChI is InChI=1S/C10H16N2O15P2/c13-3-4(14)6(16)7(17)8(18)9(19)25-29(24,27-28(21,22)23)26-12-2-1-5(15)11-10(12)20/h1-2,4,6-8,13-14,16-18H,3H2,(H,11,15,20)(H2,21,22,23)/t4-,6-,7+,8-,29?/m1/s1. The number of carbonyl (C=O) groups is 1. The highest BCUT2D eigenvalue weighted by Gasteiger charge is 2.45. The van der Waals surface area contributed by atoms with Crippen LogP contribution in [0.4, 0.5) is 0 Å². The molecule has 1 unspecified atom stereocenters. The number of aromatic nitrogens is 2. The van der Waals surface area contributed by atoms with Crippen LogP contribution >= 0.6 is 15.6 Å². The van der Waals surface area contributed by atoms with E-state index in [0.717, 1.165) is 0 Å². The van der Waals surface area contributed by atoms with Crippen LogP contribution in [0.3, 0.4) is 0 Å². The maximum atomic E-state index is 12.4. The summed E-state index contributed by atoms with van der Waals surface area (Å²) in [5, 5.41) is 46.4. The van der Waals surface area contributed by atoms with Crippen LogP contribution in [0.15, 0.2) is 21.9 Å². The molecule has 29 heavy (non-hydrogen) atoms. The molecule has 0 aliphatic carbocycles. The Bertz CT molecular complexity index is 920. The highest BCUT2D eigenvalue weighted by Crippen LogP contribution is 2.59. The molecule has 1 aromatic heterocycles. The third kappa shape index (κ3) is 7.45. The van der Waals surface area contributed by atoms with E-state index >= 15 is 0 Å². The monoisotopic (exact) mass is 466 g/mol. The smallest absolute Gasteiger partial charge is 0.394 e. The predicted octanol–water partition coefficient (Wildman–Crippen LogP) is -4.84. The molecule has 0 radical (unpaired) electrons. The van der Waals surface area contributed by atoms with Gasteiger partial charge in [0.15, 0.2) is 6.10 Å². The topological polar surface area (TPSA) is 275 Å². The molecule has 0 spiro atoms. The fourth-order valence-corrected chi connectivity index (χ4v) is 3.58. The first-order valence-corrected chi connectivity index (χ1v) is 10.1. The summed E-state index contributed by atoms with van der Waals surface area (Å²) in [5.41, 5.74) is -2.39. The second-order valence-corrected chi connectivity index (χ2v) is 8.00. The molecular formula is C10H16N2O15P2. The Labute approximate surface area is 159 Å². The molecule has 17 nitrogen and oxygen atoms in total. The van der Waals surface area contributed by atoms with Crippen LogP contribution in [0.1, 0.15) is 0 Å². The maximum Gasteiger partial charge on any atom is 0.618 e. The lowest BCUT2D eigenvalue weighted by Gasteiger charge is -2.25. The summed E-state index contributed by atoms with van der Waals surface area (Å²) in [6.45, 7) is -1.10. The van der Waals surface area contributed by atoms with Crippen molar-refractivity contribution < 1.29 is 62.7 Å². The number of hydrogen-bond acceptors (Lipinski definition) is 13. The number of hydrogen-bond donors (Lipinski definition) is 8. The van der Waals surface area contributed by atoms with E-state index in [4.69, 9.17) is 20.0 Å². The molecular weight excluding hydrogens is 450 g/mol. The number of nitrogens with one attached hydrogen (secondary N) is 1. The van der Waals surface area contributed by atoms with E-state index < -0.39 is 63.9 Å². The molecule has 5 atom stereocenters. The molecule has 0 aromatic carbocycles. The number of phosphoric acid groups is 2. The van der Waals surface area contributed by atoms with Crippen molar-refractivity contribution in [1.82, 2.24) is 9.71 Å². The molecule has 0 saturated carbocycles. The molecule has 0 aliphatic rings. The fraction of sp³-hybridized carbons (Fsp3) is 0.500. The van der Waals surface area contributed by atoms with E-state index in [2.05, 4.69) is 13.5 Å². The summed E-state index contributed by atoms with van der Waals surface area (Å²) in [4.78, 5) is 53.4. The highest BCUT2D eigenvalue weighted by molar-refractivity contribution is 7.61. The minimum atomic E-state index is -5.75. The molecule has 1 rings (SSSR count). The van der Waals surface area contributed by atoms with Crippen LogP contribution in [0.5, 0.6) is 0 Å². The molecule has 0 saturated heterocycles. The van der Waals surface area contributed by atoms with Crippen molar-refractivity contribution in [2.75, 3.05) is 6.61 Å². The molecule has 1 heterocycles. The second-order valence-electron chi connectivity index (χ2n) is 5.12. The Hall–Kier alpha value is -1.91. The number of nitrogens with zero attached hydrogens (tertiary/aromatic N) is 1. The molecule has 0 bridgehead atoms. The van der Waals surface area contributed by atoms with Gasteiger partial charge < -0.3 is 39.8 Å². The predicted molar refractivity (Wildman–Crippen MR) is 85.8 cm³/mol. The van der Waals surface area contributed by atoms with Crippen LogP contribution in [0, 0.1) is 0 Å². The molecule has 1 aromatic rings. The normalized spacial score (nSPS) is 18.2. The minimum Gasteiger partial charge on any atom is -0.394 e. The molecule has 0 amide bonds. The van der Waals surface area contributed by atoms with Gasteiger partial charge in [-0.2, -0.15) is 4.31 Å². The number of aliphatic hydroxyl groups is 5. The second kappa shape index (κ2) is 9.73. The average molecular weight is 466 g/mol. The summed E-state index contributed by atoms with van der Waals surface area (Å²) in [6.07, 6.45) is -9.16. The summed E-state index contributed by atoms with van der Waals surface area (Å²) in [7, 11) is -11.5. The molecule has 19 heteroatoms. The number of aliphatic hydroxyl groups excluding tert-OH is 5. The van der Waals surface area contributed by atoms with Gasteiger partial charge >= 0.3 is 27.3 Å². The van der Waals surface area contributed by atoms with Crippen molar-refractivity contribution in [2.45, 2.75) is 24.4 Å². The van der Waals surface area contributed by atoms with E-state index in [1.54, 1.807) is 4.98 Å². The molecule has 0 fully saturated rings. The lowest BCUT2D eigenvalue weighted by atomic mass is 10.0. The van der Waals surface area contributed by atoms with Crippen molar-refractivity contribution in [2.24, 2.45) is 0 Å². The largest absolute Gasteiger partial charge is 0.618 e. The lowest BCUT2D eigenvalue weighted by molar-refractivity contribution is -0.163. The highest BCUT2D eigenvalue weighted by atomic mass is 31.3. The van der Waals surface area contributed by atoms with Gasteiger partial charge in [0.2, 0.25) is 0 Å². The van der Waals surface area contributed by atoms with Gasteiger partial charge in [-0.25, -0.2) is 18.7 Å². The Morgan fingerprint density at radius 3 is 2.21 bits per heavy atom. The van der Waals surface area contributed by atoms with Gasteiger partial charge in [0.05, 0.1) is 12.8 Å². The zero-order chi connectivity index (χ0) is 22.6. The minimum absolute atomic E-state index is 0.0989. The van der Waals surface area contributed by atoms with Crippen LogP contribution in [0.25, 0.3) is 0 Å². The third-order valence-electron chi connectivity index (χ3n) is 2.88. The molecule has 166 valence electrons. The first kappa shape index (κ1) is 25.1. The fourth-order valence-electron chi connectivity index (χ4n) is 1.58. The van der Waals surface area contributed by atoms with Crippen molar-refractivity contribution in [1.29, 1.82) is 0 Å². The first-order valence-electron chi connectivity index (χ1n) is 7.14. The lowest BCUT2D eigenvalue weighted by Crippen LogP contribution is -2.49. The Kier molecular flexibility index (Phi) is 8.43. The Morgan fingerprint density at radius 2 is 1.72 bits per heavy atom. The van der Waals surface area contributed by atoms with E-state index in [1.807, 2.05) is 0 Å². The van der Waals surface area contributed by atoms with Crippen LogP contribution in [-0.2, 0) is 22.8 Å². The summed E-state index contributed by atoms with van der Waals surface area (Å²) in [6, 6.07) is 0.635. The molecule has 8 N–H and O–H groups in total. The van der Waals surface area contributed by atoms with Crippen LogP contribution in [0.2, 0.25) is 0 Å². The van der Waals surface area contributed by atoms with E-state index in [1.165, 1.54) is 0 Å². The first-order chi connectivity index (χ1) is 13.2. The zero-order valence-electron chi connectivity index (χ0n) is 13.9. The summed E-state index contributed by atoms with van der Waals surface area (Å²) >= 11 is 0. The maximum absolute atomic E-state index is 12.4. The van der Waals surface area contributed by atoms with Gasteiger partial charge in [-0.15, -0.1) is 4.73 Å². The van der Waals surface area contributed by atoms with Gasteiger partial charge in [-0.3, -0.25) is 14.4 Å².